The van der Waals surface area contributed by atoms with Crippen LogP contribution in [0, 0.1) is 0 Å². The highest BCUT2D eigenvalue weighted by molar-refractivity contribution is 5.97. The first-order valence-electron chi connectivity index (χ1n) is 8.48. The number of hydrazone groups is 1. The SMILES string of the molecule is COc1cc(/C=N/NC(=O)c2cccc(/C(F)=C/C(=O)NO)c2)cc(OC)c1OC. The summed E-state index contributed by atoms with van der Waals surface area (Å²) in [6, 6.07) is 8.78. The summed E-state index contributed by atoms with van der Waals surface area (Å²) < 4.78 is 29.7. The van der Waals surface area contributed by atoms with Crippen LogP contribution >= 0.6 is 0 Å². The van der Waals surface area contributed by atoms with Crippen LogP contribution in [-0.4, -0.2) is 44.6 Å². The maximum atomic E-state index is 14.0. The second-order valence-corrected chi connectivity index (χ2v) is 5.71. The Kier molecular flexibility index (Phi) is 7.89. The Morgan fingerprint density at radius 3 is 2.23 bits per heavy atom. The van der Waals surface area contributed by atoms with Gasteiger partial charge < -0.3 is 14.2 Å². The number of hydrogen-bond donors (Lipinski definition) is 3. The minimum absolute atomic E-state index is 0.0140. The summed E-state index contributed by atoms with van der Waals surface area (Å²) in [5, 5.41) is 12.3. The van der Waals surface area contributed by atoms with Crippen molar-refractivity contribution in [3.05, 3.63) is 59.2 Å². The molecule has 9 nitrogen and oxygen atoms in total. The number of nitrogens with zero attached hydrogens (tertiary/aromatic N) is 1. The molecule has 0 fully saturated rings. The summed E-state index contributed by atoms with van der Waals surface area (Å²) >= 11 is 0. The zero-order valence-electron chi connectivity index (χ0n) is 16.4. The van der Waals surface area contributed by atoms with Gasteiger partial charge in [-0.15, -0.1) is 0 Å². The van der Waals surface area contributed by atoms with E-state index in [2.05, 4.69) is 10.5 Å². The highest BCUT2D eigenvalue weighted by atomic mass is 19.1. The van der Waals surface area contributed by atoms with Crippen molar-refractivity contribution in [1.82, 2.24) is 10.9 Å². The molecule has 30 heavy (non-hydrogen) atoms. The third kappa shape index (κ3) is 5.55. The van der Waals surface area contributed by atoms with Gasteiger partial charge in [0, 0.05) is 22.8 Å². The van der Waals surface area contributed by atoms with Gasteiger partial charge in [-0.2, -0.15) is 5.10 Å². The van der Waals surface area contributed by atoms with Gasteiger partial charge in [-0.05, 0) is 24.3 Å². The van der Waals surface area contributed by atoms with Crippen LogP contribution < -0.4 is 25.1 Å². The van der Waals surface area contributed by atoms with Gasteiger partial charge in [0.15, 0.2) is 11.5 Å². The summed E-state index contributed by atoms with van der Waals surface area (Å²) in [4.78, 5) is 23.3. The van der Waals surface area contributed by atoms with Gasteiger partial charge in [-0.1, -0.05) is 12.1 Å². The summed E-state index contributed by atoms with van der Waals surface area (Å²) in [5.74, 6) is -1.28. The molecule has 0 unspecified atom stereocenters. The molecule has 2 rings (SSSR count). The van der Waals surface area contributed by atoms with E-state index in [0.717, 1.165) is 0 Å². The standard InChI is InChI=1S/C20H20FN3O6/c1-28-16-7-12(8-17(29-2)19(16)30-3)11-22-23-20(26)14-6-4-5-13(9-14)15(21)10-18(25)24-27/h4-11,27H,1-3H3,(H,23,26)(H,24,25)/b15-10-,22-11+. The first-order chi connectivity index (χ1) is 14.4. The molecule has 0 atom stereocenters. The number of carbonyl (C=O) groups excluding carboxylic acids is 2. The molecule has 0 saturated carbocycles. The number of hydroxylamine groups is 1. The van der Waals surface area contributed by atoms with Gasteiger partial charge in [0.05, 0.1) is 27.5 Å². The van der Waals surface area contributed by atoms with Crippen molar-refractivity contribution in [3.8, 4) is 17.2 Å². The molecule has 10 heteroatoms. The van der Waals surface area contributed by atoms with E-state index in [1.807, 2.05) is 0 Å². The molecule has 0 aliphatic heterocycles. The van der Waals surface area contributed by atoms with E-state index < -0.39 is 17.6 Å². The second kappa shape index (κ2) is 10.6. The molecule has 158 valence electrons. The fraction of sp³-hybridized carbons (Fsp3) is 0.150. The maximum absolute atomic E-state index is 14.0. The number of benzene rings is 2. The molecular weight excluding hydrogens is 397 g/mol. The Hall–Kier alpha value is -3.92. The number of hydrogen-bond acceptors (Lipinski definition) is 7. The van der Waals surface area contributed by atoms with E-state index in [-0.39, 0.29) is 11.1 Å². The fourth-order valence-electron chi connectivity index (χ4n) is 2.45. The van der Waals surface area contributed by atoms with Gasteiger partial charge in [0.1, 0.15) is 5.83 Å². The van der Waals surface area contributed by atoms with Crippen LogP contribution in [0.3, 0.4) is 0 Å². The lowest BCUT2D eigenvalue weighted by molar-refractivity contribution is -0.124. The van der Waals surface area contributed by atoms with Crippen molar-refractivity contribution in [1.29, 1.82) is 0 Å². The topological polar surface area (TPSA) is 118 Å². The molecule has 2 aromatic carbocycles. The largest absolute Gasteiger partial charge is 0.493 e. The van der Waals surface area contributed by atoms with Crippen LogP contribution in [0.5, 0.6) is 17.2 Å². The molecule has 2 amide bonds. The number of rotatable bonds is 8. The van der Waals surface area contributed by atoms with Crippen molar-refractivity contribution < 1.29 is 33.4 Å². The van der Waals surface area contributed by atoms with Crippen LogP contribution in [0.1, 0.15) is 21.5 Å². The predicted octanol–water partition coefficient (Wildman–Crippen LogP) is 2.29. The molecule has 0 aliphatic rings. The molecule has 0 spiro atoms. The third-order valence-corrected chi connectivity index (χ3v) is 3.84. The smallest absolute Gasteiger partial charge is 0.271 e. The molecule has 0 saturated heterocycles. The first kappa shape index (κ1) is 22.4. The molecule has 0 aromatic heterocycles. The third-order valence-electron chi connectivity index (χ3n) is 3.84. The minimum Gasteiger partial charge on any atom is -0.493 e. The van der Waals surface area contributed by atoms with Gasteiger partial charge in [-0.3, -0.25) is 14.8 Å². The number of carbonyl (C=O) groups is 2. The van der Waals surface area contributed by atoms with Gasteiger partial charge in [0.2, 0.25) is 5.75 Å². The Labute approximate surface area is 171 Å². The monoisotopic (exact) mass is 417 g/mol. The van der Waals surface area contributed by atoms with Crippen molar-refractivity contribution in [3.63, 3.8) is 0 Å². The van der Waals surface area contributed by atoms with Gasteiger partial charge >= 0.3 is 0 Å². The van der Waals surface area contributed by atoms with Crippen LogP contribution in [0.15, 0.2) is 47.6 Å². The highest BCUT2D eigenvalue weighted by Gasteiger charge is 2.13. The van der Waals surface area contributed by atoms with E-state index in [0.29, 0.717) is 28.9 Å². The van der Waals surface area contributed by atoms with Gasteiger partial charge in [-0.25, -0.2) is 15.3 Å². The molecule has 0 radical (unpaired) electrons. The second-order valence-electron chi connectivity index (χ2n) is 5.71. The summed E-state index contributed by atoms with van der Waals surface area (Å²) in [6.45, 7) is 0. The normalized spacial score (nSPS) is 11.2. The van der Waals surface area contributed by atoms with E-state index in [4.69, 9.17) is 19.4 Å². The van der Waals surface area contributed by atoms with Crippen LogP contribution in [0.25, 0.3) is 5.83 Å². The van der Waals surface area contributed by atoms with Crippen molar-refractivity contribution in [2.24, 2.45) is 5.10 Å². The van der Waals surface area contributed by atoms with Crippen LogP contribution in [-0.2, 0) is 4.79 Å². The van der Waals surface area contributed by atoms with E-state index >= 15 is 0 Å². The molecule has 2 aromatic rings. The molecular formula is C20H20FN3O6. The summed E-state index contributed by atoms with van der Waals surface area (Å²) in [5.41, 5.74) is 4.29. The average Bonchev–Trinajstić information content (AvgIpc) is 2.77. The fourth-order valence-corrected chi connectivity index (χ4v) is 2.45. The zero-order chi connectivity index (χ0) is 22.1. The lowest BCUT2D eigenvalue weighted by atomic mass is 10.1. The minimum atomic E-state index is -1.03. The van der Waals surface area contributed by atoms with Crippen LogP contribution in [0.2, 0.25) is 0 Å². The summed E-state index contributed by atoms with van der Waals surface area (Å²) in [6.07, 6.45) is 1.93. The maximum Gasteiger partial charge on any atom is 0.271 e. The number of amides is 2. The Morgan fingerprint density at radius 2 is 1.67 bits per heavy atom. The first-order valence-corrected chi connectivity index (χ1v) is 8.48. The van der Waals surface area contributed by atoms with E-state index in [9.17, 15) is 14.0 Å². The zero-order valence-corrected chi connectivity index (χ0v) is 16.4. The van der Waals surface area contributed by atoms with Crippen molar-refractivity contribution in [2.75, 3.05) is 21.3 Å². The number of nitrogens with one attached hydrogen (secondary N) is 2. The van der Waals surface area contributed by atoms with Crippen molar-refractivity contribution >= 4 is 23.9 Å². The van der Waals surface area contributed by atoms with Crippen LogP contribution in [0.4, 0.5) is 4.39 Å². The molecule has 0 bridgehead atoms. The quantitative estimate of drug-likeness (QED) is 0.263. The number of ether oxygens (including phenoxy) is 3. The molecule has 0 aliphatic carbocycles. The molecule has 0 heterocycles. The van der Waals surface area contributed by atoms with E-state index in [1.54, 1.807) is 12.1 Å². The van der Waals surface area contributed by atoms with E-state index in [1.165, 1.54) is 57.3 Å². The number of halogens is 1. The summed E-state index contributed by atoms with van der Waals surface area (Å²) in [7, 11) is 4.44. The Morgan fingerprint density at radius 1 is 1.03 bits per heavy atom. The van der Waals surface area contributed by atoms with Crippen molar-refractivity contribution in [2.45, 2.75) is 0 Å². The Bertz CT molecular complexity index is 965. The lowest BCUT2D eigenvalue weighted by Gasteiger charge is -2.12. The average molecular weight is 417 g/mol. The Balaban J connectivity index is 2.16. The highest BCUT2D eigenvalue weighted by Crippen LogP contribution is 2.37. The number of methoxy groups -OCH3 is 3. The lowest BCUT2D eigenvalue weighted by Crippen LogP contribution is -2.18. The predicted molar refractivity (Wildman–Crippen MR) is 107 cm³/mol. The molecule has 3 N–H and O–H groups in total. The van der Waals surface area contributed by atoms with Gasteiger partial charge in [0.25, 0.3) is 11.8 Å².